The highest BCUT2D eigenvalue weighted by Crippen LogP contribution is 2.36. The highest BCUT2D eigenvalue weighted by Gasteiger charge is 2.33. The molecule has 0 spiro atoms. The molecule has 3 heterocycles. The van der Waals surface area contributed by atoms with Crippen molar-refractivity contribution in [1.82, 2.24) is 9.47 Å². The van der Waals surface area contributed by atoms with Gasteiger partial charge in [0, 0.05) is 31.7 Å². The number of thiocarbonyl (C=S) groups is 1. The van der Waals surface area contributed by atoms with E-state index in [-0.39, 0.29) is 17.0 Å². The van der Waals surface area contributed by atoms with Gasteiger partial charge in [-0.25, -0.2) is 0 Å². The van der Waals surface area contributed by atoms with Crippen LogP contribution in [0.4, 0.5) is 5.82 Å². The van der Waals surface area contributed by atoms with Crippen LogP contribution < -0.4 is 10.5 Å². The Labute approximate surface area is 200 Å². The van der Waals surface area contributed by atoms with Gasteiger partial charge in [-0.15, -0.1) is 0 Å². The molecule has 0 saturated carbocycles. The molecule has 2 aliphatic rings. The lowest BCUT2D eigenvalue weighted by Crippen LogP contribution is -2.35. The maximum absolute atomic E-state index is 13.2. The standard InChI is InChI=1S/C24H32N4O2S2/c1-4-6-14-28-23(30)20(32-24(28)31)15-18-17(3)19(16-25)22(29)27(11-5-2)21(18)26-12-9-7-8-10-13-26/h15H,4-14H2,1-3H3/b20-15+. The lowest BCUT2D eigenvalue weighted by atomic mass is 10.0. The second-order valence-corrected chi connectivity index (χ2v) is 10.1. The Morgan fingerprint density at radius 1 is 1.09 bits per heavy atom. The molecule has 0 aliphatic carbocycles. The molecule has 0 aromatic carbocycles. The van der Waals surface area contributed by atoms with Gasteiger partial charge in [-0.1, -0.05) is 57.1 Å². The van der Waals surface area contributed by atoms with E-state index < -0.39 is 0 Å². The predicted octanol–water partition coefficient (Wildman–Crippen LogP) is 4.82. The molecule has 0 N–H and O–H groups in total. The predicted molar refractivity (Wildman–Crippen MR) is 136 cm³/mol. The van der Waals surface area contributed by atoms with Crippen molar-refractivity contribution < 1.29 is 4.79 Å². The number of thioether (sulfide) groups is 1. The average Bonchev–Trinajstić information content (AvgIpc) is 2.95. The van der Waals surface area contributed by atoms with Gasteiger partial charge in [0.25, 0.3) is 11.5 Å². The summed E-state index contributed by atoms with van der Waals surface area (Å²) in [6, 6.07) is 2.12. The molecule has 172 valence electrons. The molecule has 0 bridgehead atoms. The normalized spacial score (nSPS) is 18.4. The number of carbonyl (C=O) groups is 1. The smallest absolute Gasteiger partial charge is 0.270 e. The van der Waals surface area contributed by atoms with Crippen LogP contribution >= 0.6 is 24.0 Å². The first kappa shape index (κ1) is 24.5. The molecule has 1 aromatic rings. The van der Waals surface area contributed by atoms with Gasteiger partial charge >= 0.3 is 0 Å². The van der Waals surface area contributed by atoms with Crippen molar-refractivity contribution in [2.75, 3.05) is 24.5 Å². The summed E-state index contributed by atoms with van der Waals surface area (Å²) in [5.41, 5.74) is 1.36. The second kappa shape index (κ2) is 11.2. The lowest BCUT2D eigenvalue weighted by Gasteiger charge is -2.29. The molecule has 8 heteroatoms. The van der Waals surface area contributed by atoms with Crippen LogP contribution in [0.25, 0.3) is 6.08 Å². The van der Waals surface area contributed by atoms with Crippen molar-refractivity contribution in [3.8, 4) is 6.07 Å². The van der Waals surface area contributed by atoms with Gasteiger partial charge in [-0.2, -0.15) is 5.26 Å². The highest BCUT2D eigenvalue weighted by molar-refractivity contribution is 8.26. The van der Waals surface area contributed by atoms with Gasteiger partial charge in [0.15, 0.2) is 0 Å². The largest absolute Gasteiger partial charge is 0.357 e. The summed E-state index contributed by atoms with van der Waals surface area (Å²) in [5.74, 6) is 0.760. The zero-order chi connectivity index (χ0) is 23.3. The summed E-state index contributed by atoms with van der Waals surface area (Å²) >= 11 is 6.79. The van der Waals surface area contributed by atoms with Crippen LogP contribution in [0, 0.1) is 18.3 Å². The number of rotatable bonds is 7. The number of pyridine rings is 1. The monoisotopic (exact) mass is 472 g/mol. The molecular weight excluding hydrogens is 440 g/mol. The third kappa shape index (κ3) is 4.94. The van der Waals surface area contributed by atoms with Crippen molar-refractivity contribution in [3.05, 3.63) is 31.9 Å². The van der Waals surface area contributed by atoms with E-state index in [4.69, 9.17) is 12.2 Å². The van der Waals surface area contributed by atoms with Crippen LogP contribution in [0.1, 0.15) is 75.5 Å². The molecule has 0 radical (unpaired) electrons. The Hall–Kier alpha value is -2.11. The van der Waals surface area contributed by atoms with Gasteiger partial charge in [0.1, 0.15) is 21.8 Å². The topological polar surface area (TPSA) is 69.3 Å². The van der Waals surface area contributed by atoms with Crippen LogP contribution in [0.5, 0.6) is 0 Å². The number of hydrogen-bond acceptors (Lipinski definition) is 6. The van der Waals surface area contributed by atoms with E-state index in [0.29, 0.717) is 27.9 Å². The summed E-state index contributed by atoms with van der Waals surface area (Å²) in [6.45, 7) is 8.84. The fraction of sp³-hybridized carbons (Fsp3) is 0.583. The highest BCUT2D eigenvalue weighted by atomic mass is 32.2. The van der Waals surface area contributed by atoms with Gasteiger partial charge in [0.2, 0.25) is 0 Å². The van der Waals surface area contributed by atoms with Crippen LogP contribution in [0.3, 0.4) is 0 Å². The molecule has 6 nitrogen and oxygen atoms in total. The van der Waals surface area contributed by atoms with E-state index in [0.717, 1.165) is 56.6 Å². The Kier molecular flexibility index (Phi) is 8.55. The first-order chi connectivity index (χ1) is 15.4. The van der Waals surface area contributed by atoms with E-state index in [9.17, 15) is 14.9 Å². The number of amides is 1. The second-order valence-electron chi connectivity index (χ2n) is 8.39. The third-order valence-corrected chi connectivity index (χ3v) is 7.46. The summed E-state index contributed by atoms with van der Waals surface area (Å²) in [5, 5.41) is 9.76. The fourth-order valence-electron chi connectivity index (χ4n) is 4.34. The minimum Gasteiger partial charge on any atom is -0.357 e. The Morgan fingerprint density at radius 2 is 1.78 bits per heavy atom. The van der Waals surface area contributed by atoms with Crippen molar-refractivity contribution in [2.24, 2.45) is 0 Å². The van der Waals surface area contributed by atoms with Crippen LogP contribution in [0.15, 0.2) is 9.70 Å². The SMILES string of the molecule is CCCCN1C(=O)/C(=C\c2c(C)c(C#N)c(=O)n(CCC)c2N2CCCCCC2)SC1=S. The van der Waals surface area contributed by atoms with Crippen molar-refractivity contribution in [1.29, 1.82) is 5.26 Å². The quantitative estimate of drug-likeness (QED) is 0.419. The first-order valence-corrected chi connectivity index (χ1v) is 12.8. The molecule has 0 unspecified atom stereocenters. The number of nitrogens with zero attached hydrogens (tertiary/aromatic N) is 4. The molecule has 2 saturated heterocycles. The Morgan fingerprint density at radius 3 is 2.38 bits per heavy atom. The first-order valence-electron chi connectivity index (χ1n) is 11.6. The molecule has 1 amide bonds. The Bertz CT molecular complexity index is 1010. The molecular formula is C24H32N4O2S2. The maximum Gasteiger partial charge on any atom is 0.270 e. The lowest BCUT2D eigenvalue weighted by molar-refractivity contribution is -0.122. The molecule has 2 aliphatic heterocycles. The molecule has 1 aromatic heterocycles. The van der Waals surface area contributed by atoms with E-state index in [1.165, 1.54) is 24.6 Å². The van der Waals surface area contributed by atoms with Gasteiger partial charge < -0.3 is 4.90 Å². The third-order valence-electron chi connectivity index (χ3n) is 6.08. The number of anilines is 1. The Balaban J connectivity index is 2.19. The zero-order valence-corrected chi connectivity index (χ0v) is 20.9. The van der Waals surface area contributed by atoms with E-state index in [2.05, 4.69) is 17.9 Å². The number of carbonyl (C=O) groups excluding carboxylic acids is 1. The van der Waals surface area contributed by atoms with Crippen molar-refractivity contribution in [2.45, 2.75) is 72.3 Å². The van der Waals surface area contributed by atoms with E-state index in [1.807, 2.05) is 19.9 Å². The fourth-order valence-corrected chi connectivity index (χ4v) is 5.63. The number of aromatic nitrogens is 1. The number of nitriles is 1. The zero-order valence-electron chi connectivity index (χ0n) is 19.3. The van der Waals surface area contributed by atoms with Gasteiger partial charge in [0.05, 0.1) is 4.91 Å². The molecule has 32 heavy (non-hydrogen) atoms. The van der Waals surface area contributed by atoms with E-state index >= 15 is 0 Å². The molecule has 3 rings (SSSR count). The van der Waals surface area contributed by atoms with Crippen LogP contribution in [-0.4, -0.2) is 39.3 Å². The number of unbranched alkanes of at least 4 members (excludes halogenated alkanes) is 1. The van der Waals surface area contributed by atoms with Crippen molar-refractivity contribution >= 4 is 46.1 Å². The molecule has 0 atom stereocenters. The summed E-state index contributed by atoms with van der Waals surface area (Å²) in [7, 11) is 0. The summed E-state index contributed by atoms with van der Waals surface area (Å²) in [6.07, 6.45) is 9.03. The summed E-state index contributed by atoms with van der Waals surface area (Å²) in [4.78, 5) is 30.9. The summed E-state index contributed by atoms with van der Waals surface area (Å²) < 4.78 is 2.33. The van der Waals surface area contributed by atoms with Crippen molar-refractivity contribution in [3.63, 3.8) is 0 Å². The minimum atomic E-state index is -0.237. The van der Waals surface area contributed by atoms with Crippen LogP contribution in [0.2, 0.25) is 0 Å². The molecule has 2 fully saturated rings. The number of hydrogen-bond donors (Lipinski definition) is 0. The van der Waals surface area contributed by atoms with E-state index in [1.54, 1.807) is 9.47 Å². The average molecular weight is 473 g/mol. The van der Waals surface area contributed by atoms with Gasteiger partial charge in [-0.3, -0.25) is 19.1 Å². The minimum absolute atomic E-state index is 0.0820. The van der Waals surface area contributed by atoms with Gasteiger partial charge in [-0.05, 0) is 44.2 Å². The maximum atomic E-state index is 13.2. The van der Waals surface area contributed by atoms with Crippen LogP contribution in [-0.2, 0) is 11.3 Å².